The number of carbonyl (C=O) groups is 2. The first-order valence-electron chi connectivity index (χ1n) is 13.6. The molecule has 1 aliphatic heterocycles. The molecule has 6 nitrogen and oxygen atoms in total. The molecule has 1 N–H and O–H groups in total. The number of anilines is 2. The zero-order valence-electron chi connectivity index (χ0n) is 22.2. The molecule has 0 aromatic heterocycles. The Labute approximate surface area is 225 Å². The van der Waals surface area contributed by atoms with E-state index in [-0.39, 0.29) is 24.5 Å². The zero-order valence-corrected chi connectivity index (χ0v) is 22.2. The third-order valence-corrected chi connectivity index (χ3v) is 7.78. The Hall–Kier alpha value is -3.80. The van der Waals surface area contributed by atoms with Crippen molar-refractivity contribution < 1.29 is 19.1 Å². The number of hydrogen-bond acceptors (Lipinski definition) is 5. The number of methoxy groups -OCH3 is 1. The topological polar surface area (TPSA) is 67.9 Å². The molecule has 1 saturated carbocycles. The molecule has 38 heavy (non-hydrogen) atoms. The Kier molecular flexibility index (Phi) is 7.97. The van der Waals surface area contributed by atoms with Crippen LogP contribution in [-0.4, -0.2) is 38.2 Å². The van der Waals surface area contributed by atoms with Gasteiger partial charge in [-0.2, -0.15) is 0 Å². The molecule has 6 heteroatoms. The molecule has 3 aromatic carbocycles. The third-order valence-electron chi connectivity index (χ3n) is 7.78. The molecule has 1 fully saturated rings. The summed E-state index contributed by atoms with van der Waals surface area (Å²) in [4.78, 5) is 26.5. The second-order valence-electron chi connectivity index (χ2n) is 10.5. The monoisotopic (exact) mass is 512 g/mol. The van der Waals surface area contributed by atoms with Crippen molar-refractivity contribution in [2.24, 2.45) is 5.92 Å². The van der Waals surface area contributed by atoms with Crippen LogP contribution in [0.2, 0.25) is 0 Å². The van der Waals surface area contributed by atoms with E-state index in [4.69, 9.17) is 9.47 Å². The van der Waals surface area contributed by atoms with Gasteiger partial charge in [0.15, 0.2) is 0 Å². The summed E-state index contributed by atoms with van der Waals surface area (Å²) >= 11 is 0. The Bertz CT molecular complexity index is 1250. The number of ether oxygens (including phenoxy) is 2. The Morgan fingerprint density at radius 2 is 1.66 bits per heavy atom. The van der Waals surface area contributed by atoms with Crippen LogP contribution >= 0.6 is 0 Å². The smallest absolute Gasteiger partial charge is 0.305 e. The Balaban J connectivity index is 1.24. The summed E-state index contributed by atoms with van der Waals surface area (Å²) in [5, 5.41) is 3.22. The molecule has 1 heterocycles. The highest BCUT2D eigenvalue weighted by Gasteiger charge is 2.28. The molecule has 1 aliphatic carbocycles. The van der Waals surface area contributed by atoms with Gasteiger partial charge in [0.05, 0.1) is 25.9 Å². The van der Waals surface area contributed by atoms with Gasteiger partial charge in [-0.1, -0.05) is 48.5 Å². The number of benzene rings is 3. The van der Waals surface area contributed by atoms with Crippen LogP contribution < -0.4 is 15.0 Å². The minimum Gasteiger partial charge on any atom is -0.487 e. The van der Waals surface area contributed by atoms with Gasteiger partial charge in [-0.3, -0.25) is 9.59 Å². The molecule has 198 valence electrons. The van der Waals surface area contributed by atoms with Gasteiger partial charge < -0.3 is 19.7 Å². The molecule has 5 rings (SSSR count). The lowest BCUT2D eigenvalue weighted by atomic mass is 9.77. The summed E-state index contributed by atoms with van der Waals surface area (Å²) in [6, 6.07) is 24.7. The number of esters is 1. The summed E-state index contributed by atoms with van der Waals surface area (Å²) in [6.07, 6.45) is 4.79. The van der Waals surface area contributed by atoms with Crippen molar-refractivity contribution in [2.75, 3.05) is 30.4 Å². The number of hydrogen-bond donors (Lipinski definition) is 1. The summed E-state index contributed by atoms with van der Waals surface area (Å²) in [5.74, 6) is 1.63. The van der Waals surface area contributed by atoms with Crippen molar-refractivity contribution >= 4 is 23.3 Å². The van der Waals surface area contributed by atoms with Gasteiger partial charge in [-0.25, -0.2) is 0 Å². The average molecular weight is 513 g/mol. The maximum Gasteiger partial charge on any atom is 0.305 e. The largest absolute Gasteiger partial charge is 0.487 e. The van der Waals surface area contributed by atoms with E-state index in [9.17, 15) is 9.59 Å². The van der Waals surface area contributed by atoms with Crippen LogP contribution in [-0.2, 0) is 14.3 Å². The molecule has 0 bridgehead atoms. The summed E-state index contributed by atoms with van der Waals surface area (Å²) < 4.78 is 11.0. The van der Waals surface area contributed by atoms with Crippen LogP contribution in [0.4, 0.5) is 11.4 Å². The van der Waals surface area contributed by atoms with Gasteiger partial charge in [0.2, 0.25) is 5.91 Å². The maximum absolute atomic E-state index is 13.1. The van der Waals surface area contributed by atoms with Crippen molar-refractivity contribution in [3.05, 3.63) is 78.4 Å². The van der Waals surface area contributed by atoms with Crippen molar-refractivity contribution in [3.8, 4) is 16.9 Å². The standard InChI is InChI=1S/C32H36N2O4/c1-22-21-34(31(35)20-33-28-6-4-3-5-7-28)29-17-16-27(19-30(29)38-22)26-14-12-25(13-15-26)24-10-8-23(9-11-24)18-32(36)37-2/h3-7,12-17,19,22-24,33H,8-11,18,20-21H2,1-2H3. The van der Waals surface area contributed by atoms with E-state index in [1.165, 1.54) is 12.7 Å². The minimum absolute atomic E-state index is 0.0173. The van der Waals surface area contributed by atoms with Gasteiger partial charge in [0.1, 0.15) is 11.9 Å². The fourth-order valence-corrected chi connectivity index (χ4v) is 5.65. The molecule has 1 unspecified atom stereocenters. The number of fused-ring (bicyclic) bond motifs is 1. The van der Waals surface area contributed by atoms with E-state index in [1.54, 1.807) is 0 Å². The number of amides is 1. The fourth-order valence-electron chi connectivity index (χ4n) is 5.65. The van der Waals surface area contributed by atoms with Crippen molar-refractivity contribution in [1.29, 1.82) is 0 Å². The SMILES string of the molecule is COC(=O)CC1CCC(c2ccc(-c3ccc4c(c3)OC(C)CN4C(=O)CNc3ccccc3)cc2)CC1. The van der Waals surface area contributed by atoms with Crippen LogP contribution in [0.5, 0.6) is 5.75 Å². The maximum atomic E-state index is 13.1. The Morgan fingerprint density at radius 1 is 0.947 bits per heavy atom. The zero-order chi connectivity index (χ0) is 26.5. The van der Waals surface area contributed by atoms with Crippen molar-refractivity contribution in [3.63, 3.8) is 0 Å². The van der Waals surface area contributed by atoms with Gasteiger partial charge in [0, 0.05) is 12.1 Å². The van der Waals surface area contributed by atoms with Gasteiger partial charge >= 0.3 is 5.97 Å². The van der Waals surface area contributed by atoms with Crippen LogP contribution in [0.15, 0.2) is 72.8 Å². The molecule has 1 amide bonds. The summed E-state index contributed by atoms with van der Waals surface area (Å²) in [6.45, 7) is 2.75. The minimum atomic E-state index is -0.0995. The van der Waals surface area contributed by atoms with Crippen LogP contribution in [0.3, 0.4) is 0 Å². The fraction of sp³-hybridized carbons (Fsp3) is 0.375. The highest BCUT2D eigenvalue weighted by molar-refractivity contribution is 5.98. The summed E-state index contributed by atoms with van der Waals surface area (Å²) in [7, 11) is 1.46. The van der Waals surface area contributed by atoms with Crippen LogP contribution in [0.1, 0.15) is 50.5 Å². The van der Waals surface area contributed by atoms with E-state index >= 15 is 0 Å². The van der Waals surface area contributed by atoms with Gasteiger partial charge in [-0.15, -0.1) is 0 Å². The van der Waals surface area contributed by atoms with E-state index in [1.807, 2.05) is 54.3 Å². The number of nitrogens with zero attached hydrogens (tertiary/aromatic N) is 1. The van der Waals surface area contributed by atoms with Gasteiger partial charge in [-0.05, 0) is 85.4 Å². The van der Waals surface area contributed by atoms with E-state index in [2.05, 4.69) is 35.6 Å². The van der Waals surface area contributed by atoms with Crippen LogP contribution in [0, 0.1) is 5.92 Å². The van der Waals surface area contributed by atoms with Crippen molar-refractivity contribution in [2.45, 2.75) is 51.0 Å². The lowest BCUT2D eigenvalue weighted by Gasteiger charge is -2.34. The van der Waals surface area contributed by atoms with Crippen molar-refractivity contribution in [1.82, 2.24) is 0 Å². The molecule has 1 atom stereocenters. The van der Waals surface area contributed by atoms with E-state index in [0.717, 1.165) is 53.9 Å². The first-order chi connectivity index (χ1) is 18.5. The Morgan fingerprint density at radius 3 is 2.37 bits per heavy atom. The summed E-state index contributed by atoms with van der Waals surface area (Å²) in [5.41, 5.74) is 5.29. The second-order valence-corrected chi connectivity index (χ2v) is 10.5. The molecule has 3 aromatic rings. The molecular formula is C32H36N2O4. The van der Waals surface area contributed by atoms with E-state index in [0.29, 0.717) is 24.8 Å². The first-order valence-corrected chi connectivity index (χ1v) is 13.6. The van der Waals surface area contributed by atoms with Gasteiger partial charge in [0.25, 0.3) is 0 Å². The molecule has 0 spiro atoms. The third kappa shape index (κ3) is 6.01. The molecule has 0 saturated heterocycles. The molecule has 2 aliphatic rings. The first kappa shape index (κ1) is 25.8. The number of carbonyl (C=O) groups excluding carboxylic acids is 2. The van der Waals surface area contributed by atoms with E-state index < -0.39 is 0 Å². The quantitative estimate of drug-likeness (QED) is 0.370. The predicted octanol–water partition coefficient (Wildman–Crippen LogP) is 6.42. The highest BCUT2D eigenvalue weighted by atomic mass is 16.5. The highest BCUT2D eigenvalue weighted by Crippen LogP contribution is 2.40. The predicted molar refractivity (Wildman–Crippen MR) is 151 cm³/mol. The second kappa shape index (κ2) is 11.7. The van der Waals surface area contributed by atoms with Crippen LogP contribution in [0.25, 0.3) is 11.1 Å². The average Bonchev–Trinajstić information content (AvgIpc) is 2.96. The normalized spacial score (nSPS) is 20.7. The molecule has 0 radical (unpaired) electrons. The lowest BCUT2D eigenvalue weighted by Crippen LogP contribution is -2.44. The number of nitrogens with one attached hydrogen (secondary N) is 1. The number of rotatable bonds is 7. The molecular weight excluding hydrogens is 476 g/mol. The number of para-hydroxylation sites is 1. The lowest BCUT2D eigenvalue weighted by molar-refractivity contribution is -0.142.